The Balaban J connectivity index is 2.16. The van der Waals surface area contributed by atoms with Crippen LogP contribution in [0.4, 0.5) is 12.9 Å². The van der Waals surface area contributed by atoms with Gasteiger partial charge in [0.25, 0.3) is 0 Å². The topological polar surface area (TPSA) is 0 Å². The summed E-state index contributed by atoms with van der Waals surface area (Å²) in [6, 6.07) is 0. The van der Waals surface area contributed by atoms with E-state index in [2.05, 4.69) is 0 Å². The lowest BCUT2D eigenvalue weighted by Crippen LogP contribution is -2.23. The van der Waals surface area contributed by atoms with Gasteiger partial charge in [0.2, 0.25) is 0 Å². The minimum atomic E-state index is -4.49. The first kappa shape index (κ1) is 6.97. The van der Waals surface area contributed by atoms with Crippen molar-refractivity contribution in [2.75, 3.05) is 0 Å². The molecule has 1 rings (SSSR count). The van der Waals surface area contributed by atoms with E-state index in [9.17, 15) is 12.9 Å². The Labute approximate surface area is 52.5 Å². The lowest BCUT2D eigenvalue weighted by molar-refractivity contribution is 0.312. The highest BCUT2D eigenvalue weighted by molar-refractivity contribution is 6.58. The molecule has 4 heteroatoms. The summed E-state index contributed by atoms with van der Waals surface area (Å²) in [5.74, 6) is -0.0231. The Morgan fingerprint density at radius 3 is 1.89 bits per heavy atom. The third-order valence-corrected chi connectivity index (χ3v) is 1.83. The Morgan fingerprint density at radius 1 is 1.22 bits per heavy atom. The molecule has 1 fully saturated rings. The molecule has 0 bridgehead atoms. The summed E-state index contributed by atoms with van der Waals surface area (Å²) in [7, 11) is 0. The van der Waals surface area contributed by atoms with E-state index in [0.717, 1.165) is 19.3 Å². The SMILES string of the molecule is F[B-](F)(F)CC1CCC1. The van der Waals surface area contributed by atoms with Crippen LogP contribution in [0.15, 0.2) is 0 Å². The molecule has 0 aliphatic heterocycles. The zero-order valence-corrected chi connectivity index (χ0v) is 5.12. The van der Waals surface area contributed by atoms with Gasteiger partial charge in [0.1, 0.15) is 0 Å². The molecule has 54 valence electrons. The van der Waals surface area contributed by atoms with E-state index in [0.29, 0.717) is 0 Å². The van der Waals surface area contributed by atoms with Crippen molar-refractivity contribution in [3.8, 4) is 0 Å². The van der Waals surface area contributed by atoms with Gasteiger partial charge in [-0.15, -0.1) is 0 Å². The zero-order valence-electron chi connectivity index (χ0n) is 5.12. The number of rotatable bonds is 2. The second-order valence-corrected chi connectivity index (χ2v) is 2.74. The van der Waals surface area contributed by atoms with Gasteiger partial charge in [-0.05, 0) is 0 Å². The number of hydrogen-bond donors (Lipinski definition) is 0. The second-order valence-electron chi connectivity index (χ2n) is 2.74. The predicted octanol–water partition coefficient (Wildman–Crippen LogP) is 2.63. The van der Waals surface area contributed by atoms with E-state index < -0.39 is 13.3 Å². The Bertz CT molecular complexity index is 94.9. The van der Waals surface area contributed by atoms with E-state index in [1.54, 1.807) is 0 Å². The standard InChI is InChI=1S/C5H9BF3/c7-6(8,9)4-5-2-1-3-5/h5H,1-4H2/q-1. The van der Waals surface area contributed by atoms with Crippen molar-refractivity contribution in [3.63, 3.8) is 0 Å². The highest BCUT2D eigenvalue weighted by Crippen LogP contribution is 2.35. The Hall–Kier alpha value is -0.145. The van der Waals surface area contributed by atoms with Crippen molar-refractivity contribution >= 4 is 6.98 Å². The van der Waals surface area contributed by atoms with Crippen LogP contribution in [0.25, 0.3) is 0 Å². The molecule has 0 unspecified atom stereocenters. The molecule has 0 aromatic rings. The average Bonchev–Trinajstić information content (AvgIpc) is 1.53. The van der Waals surface area contributed by atoms with Gasteiger partial charge in [0, 0.05) is 0 Å². The lowest BCUT2D eigenvalue weighted by Gasteiger charge is -2.29. The van der Waals surface area contributed by atoms with Gasteiger partial charge in [-0.1, -0.05) is 31.5 Å². The van der Waals surface area contributed by atoms with Gasteiger partial charge < -0.3 is 12.9 Å². The van der Waals surface area contributed by atoms with Crippen LogP contribution in [0.1, 0.15) is 19.3 Å². The predicted molar refractivity (Wildman–Crippen MR) is 31.2 cm³/mol. The highest BCUT2D eigenvalue weighted by atomic mass is 19.4. The number of halogens is 3. The van der Waals surface area contributed by atoms with Gasteiger partial charge in [-0.3, -0.25) is 0 Å². The van der Waals surface area contributed by atoms with Gasteiger partial charge >= 0.3 is 6.98 Å². The van der Waals surface area contributed by atoms with Crippen LogP contribution in [-0.2, 0) is 0 Å². The molecule has 0 N–H and O–H groups in total. The maximum Gasteiger partial charge on any atom is 0.478 e. The van der Waals surface area contributed by atoms with Crippen molar-refractivity contribution in [2.45, 2.75) is 25.6 Å². The van der Waals surface area contributed by atoms with Crippen LogP contribution in [0, 0.1) is 5.92 Å². The van der Waals surface area contributed by atoms with Crippen LogP contribution in [0.2, 0.25) is 6.32 Å². The average molecular weight is 137 g/mol. The smallest absolute Gasteiger partial charge is 0.449 e. The molecule has 1 aliphatic rings. The van der Waals surface area contributed by atoms with Gasteiger partial charge in [0.15, 0.2) is 0 Å². The largest absolute Gasteiger partial charge is 0.478 e. The summed E-state index contributed by atoms with van der Waals surface area (Å²) in [5, 5.41) is 0. The first-order valence-electron chi connectivity index (χ1n) is 3.29. The summed E-state index contributed by atoms with van der Waals surface area (Å²) < 4.78 is 34.8. The van der Waals surface area contributed by atoms with Crippen LogP contribution in [0.5, 0.6) is 0 Å². The molecule has 0 nitrogen and oxygen atoms in total. The number of hydrogen-bond acceptors (Lipinski definition) is 0. The van der Waals surface area contributed by atoms with E-state index in [-0.39, 0.29) is 5.92 Å². The molecular weight excluding hydrogens is 128 g/mol. The fourth-order valence-corrected chi connectivity index (χ4v) is 1.11. The van der Waals surface area contributed by atoms with Crippen molar-refractivity contribution in [1.82, 2.24) is 0 Å². The molecule has 1 aliphatic carbocycles. The lowest BCUT2D eigenvalue weighted by atomic mass is 9.69. The summed E-state index contributed by atoms with van der Waals surface area (Å²) in [4.78, 5) is 0. The third kappa shape index (κ3) is 2.29. The molecule has 0 heterocycles. The molecule has 0 saturated heterocycles. The minimum Gasteiger partial charge on any atom is -0.449 e. The van der Waals surface area contributed by atoms with Gasteiger partial charge in [-0.2, -0.15) is 0 Å². The molecule has 0 atom stereocenters. The molecule has 0 spiro atoms. The summed E-state index contributed by atoms with van der Waals surface area (Å²) >= 11 is 0. The van der Waals surface area contributed by atoms with Crippen LogP contribution >= 0.6 is 0 Å². The van der Waals surface area contributed by atoms with E-state index in [1.807, 2.05) is 0 Å². The molecule has 1 saturated carbocycles. The monoisotopic (exact) mass is 137 g/mol. The van der Waals surface area contributed by atoms with Crippen LogP contribution in [0.3, 0.4) is 0 Å². The molecular formula is C5H9BF3-. The zero-order chi connectivity index (χ0) is 6.91. The first-order chi connectivity index (χ1) is 4.08. The first-order valence-corrected chi connectivity index (χ1v) is 3.29. The fraction of sp³-hybridized carbons (Fsp3) is 1.00. The third-order valence-electron chi connectivity index (χ3n) is 1.83. The normalized spacial score (nSPS) is 21.7. The minimum absolute atomic E-state index is 0.0231. The van der Waals surface area contributed by atoms with Gasteiger partial charge in [-0.25, -0.2) is 0 Å². The Morgan fingerprint density at radius 2 is 1.78 bits per heavy atom. The van der Waals surface area contributed by atoms with E-state index in [1.165, 1.54) is 0 Å². The molecule has 0 aromatic heterocycles. The van der Waals surface area contributed by atoms with Crippen molar-refractivity contribution in [3.05, 3.63) is 0 Å². The maximum absolute atomic E-state index is 11.6. The van der Waals surface area contributed by atoms with Crippen LogP contribution in [-0.4, -0.2) is 6.98 Å². The van der Waals surface area contributed by atoms with Crippen molar-refractivity contribution in [1.29, 1.82) is 0 Å². The van der Waals surface area contributed by atoms with E-state index in [4.69, 9.17) is 0 Å². The maximum atomic E-state index is 11.6. The van der Waals surface area contributed by atoms with Gasteiger partial charge in [0.05, 0.1) is 0 Å². The van der Waals surface area contributed by atoms with Crippen LogP contribution < -0.4 is 0 Å². The summed E-state index contributed by atoms with van der Waals surface area (Å²) in [6.45, 7) is -4.49. The van der Waals surface area contributed by atoms with Crippen molar-refractivity contribution in [2.24, 2.45) is 5.92 Å². The van der Waals surface area contributed by atoms with E-state index >= 15 is 0 Å². The fourth-order valence-electron chi connectivity index (χ4n) is 1.11. The molecule has 0 aromatic carbocycles. The molecule has 0 amide bonds. The molecule has 0 radical (unpaired) electrons. The quantitative estimate of drug-likeness (QED) is 0.513. The summed E-state index contributed by atoms with van der Waals surface area (Å²) in [5.41, 5.74) is 0. The Kier molecular flexibility index (Phi) is 1.73. The molecule has 9 heavy (non-hydrogen) atoms. The highest BCUT2D eigenvalue weighted by Gasteiger charge is 2.30. The van der Waals surface area contributed by atoms with Crippen molar-refractivity contribution < 1.29 is 12.9 Å². The second kappa shape index (κ2) is 2.23. The summed E-state index contributed by atoms with van der Waals surface area (Å²) in [6.07, 6.45) is 2.08.